The van der Waals surface area contributed by atoms with Crippen molar-refractivity contribution in [2.24, 2.45) is 17.8 Å². The molecule has 2 saturated carbocycles. The summed E-state index contributed by atoms with van der Waals surface area (Å²) < 4.78 is 0. The molecule has 2 aliphatic carbocycles. The number of anilines is 1. The number of aromatic carboxylic acids is 1. The first kappa shape index (κ1) is 16.5. The van der Waals surface area contributed by atoms with Gasteiger partial charge >= 0.3 is 5.97 Å². The third kappa shape index (κ3) is 2.30. The van der Waals surface area contributed by atoms with Crippen molar-refractivity contribution < 1.29 is 9.90 Å². The summed E-state index contributed by atoms with van der Waals surface area (Å²) in [6.45, 7) is 0. The van der Waals surface area contributed by atoms with Crippen LogP contribution in [-0.2, 0) is 0 Å². The predicted octanol–water partition coefficient (Wildman–Crippen LogP) is 5.99. The molecule has 26 heavy (non-hydrogen) atoms. The van der Waals surface area contributed by atoms with E-state index in [9.17, 15) is 9.90 Å². The Labute approximate surface area is 162 Å². The van der Waals surface area contributed by atoms with Gasteiger partial charge in [0.05, 0.1) is 21.7 Å². The van der Waals surface area contributed by atoms with Crippen molar-refractivity contribution in [3.63, 3.8) is 0 Å². The number of halogens is 2. The fourth-order valence-electron chi connectivity index (χ4n) is 5.69. The Balaban J connectivity index is 1.66. The highest BCUT2D eigenvalue weighted by molar-refractivity contribution is 6.42. The first-order chi connectivity index (χ1) is 12.5. The molecule has 0 aromatic heterocycles. The molecule has 0 saturated heterocycles. The number of fused-ring (bicyclic) bond motifs is 7. The molecule has 2 aromatic carbocycles. The van der Waals surface area contributed by atoms with E-state index in [4.69, 9.17) is 23.2 Å². The molecular formula is C21H19Cl2NO2. The van der Waals surface area contributed by atoms with E-state index in [1.165, 1.54) is 19.3 Å². The van der Waals surface area contributed by atoms with Crippen molar-refractivity contribution in [1.82, 2.24) is 0 Å². The van der Waals surface area contributed by atoms with Crippen LogP contribution in [-0.4, -0.2) is 11.1 Å². The summed E-state index contributed by atoms with van der Waals surface area (Å²) in [6, 6.07) is 11.4. The minimum atomic E-state index is -0.868. The molecule has 1 aliphatic heterocycles. The lowest BCUT2D eigenvalue weighted by Crippen LogP contribution is -2.35. The van der Waals surface area contributed by atoms with Gasteiger partial charge in [0, 0.05) is 5.69 Å². The van der Waals surface area contributed by atoms with Crippen LogP contribution in [0.25, 0.3) is 0 Å². The molecule has 2 aromatic rings. The summed E-state index contributed by atoms with van der Waals surface area (Å²) in [4.78, 5) is 11.5. The van der Waals surface area contributed by atoms with Crippen LogP contribution < -0.4 is 5.32 Å². The highest BCUT2D eigenvalue weighted by atomic mass is 35.5. The Morgan fingerprint density at radius 3 is 2.69 bits per heavy atom. The molecule has 0 spiro atoms. The summed E-state index contributed by atoms with van der Waals surface area (Å²) in [5.74, 6) is 1.24. The van der Waals surface area contributed by atoms with Crippen LogP contribution in [0.15, 0.2) is 36.4 Å². The normalized spacial score (nSPS) is 31.2. The van der Waals surface area contributed by atoms with Crippen LogP contribution in [0.1, 0.15) is 52.7 Å². The van der Waals surface area contributed by atoms with E-state index in [2.05, 4.69) is 11.4 Å². The van der Waals surface area contributed by atoms with Crippen molar-refractivity contribution in [1.29, 1.82) is 0 Å². The van der Waals surface area contributed by atoms with Gasteiger partial charge < -0.3 is 10.4 Å². The van der Waals surface area contributed by atoms with Gasteiger partial charge in [0.15, 0.2) is 0 Å². The Bertz CT molecular complexity index is 913. The van der Waals surface area contributed by atoms with E-state index >= 15 is 0 Å². The smallest absolute Gasteiger partial charge is 0.335 e. The third-order valence-corrected chi connectivity index (χ3v) is 7.48. The van der Waals surface area contributed by atoms with Gasteiger partial charge in [0.1, 0.15) is 0 Å². The average molecular weight is 388 g/mol. The van der Waals surface area contributed by atoms with Crippen molar-refractivity contribution in [3.8, 4) is 0 Å². The fourth-order valence-corrected chi connectivity index (χ4v) is 6.11. The molecule has 134 valence electrons. The molecule has 3 nitrogen and oxygen atoms in total. The number of carbonyl (C=O) groups is 1. The van der Waals surface area contributed by atoms with Gasteiger partial charge in [-0.3, -0.25) is 0 Å². The summed E-state index contributed by atoms with van der Waals surface area (Å²) >= 11 is 12.8. The lowest BCUT2D eigenvalue weighted by Gasteiger charge is -2.44. The topological polar surface area (TPSA) is 49.3 Å². The van der Waals surface area contributed by atoms with Crippen LogP contribution in [0, 0.1) is 17.8 Å². The van der Waals surface area contributed by atoms with Gasteiger partial charge in [-0.05, 0) is 78.3 Å². The van der Waals surface area contributed by atoms with Crippen molar-refractivity contribution in [2.45, 2.75) is 31.2 Å². The first-order valence-corrected chi connectivity index (χ1v) is 9.88. The maximum Gasteiger partial charge on any atom is 0.335 e. The maximum absolute atomic E-state index is 11.5. The zero-order chi connectivity index (χ0) is 18.0. The van der Waals surface area contributed by atoms with E-state index in [0.29, 0.717) is 39.3 Å². The molecule has 3 aliphatic rings. The molecule has 0 unspecified atom stereocenters. The number of hydrogen-bond acceptors (Lipinski definition) is 2. The molecule has 0 amide bonds. The van der Waals surface area contributed by atoms with E-state index in [0.717, 1.165) is 16.8 Å². The minimum Gasteiger partial charge on any atom is -0.478 e. The quantitative estimate of drug-likeness (QED) is 0.665. The molecular weight excluding hydrogens is 369 g/mol. The van der Waals surface area contributed by atoms with Gasteiger partial charge in [-0.1, -0.05) is 35.3 Å². The van der Waals surface area contributed by atoms with Crippen molar-refractivity contribution >= 4 is 34.9 Å². The Hall–Kier alpha value is -1.71. The maximum atomic E-state index is 11.5. The van der Waals surface area contributed by atoms with E-state index in [-0.39, 0.29) is 6.04 Å². The van der Waals surface area contributed by atoms with Crippen LogP contribution in [0.4, 0.5) is 5.69 Å². The van der Waals surface area contributed by atoms with E-state index in [1.807, 2.05) is 24.3 Å². The van der Waals surface area contributed by atoms with Crippen LogP contribution in [0.3, 0.4) is 0 Å². The van der Waals surface area contributed by atoms with Gasteiger partial charge in [-0.2, -0.15) is 0 Å². The van der Waals surface area contributed by atoms with Gasteiger partial charge in [-0.25, -0.2) is 4.79 Å². The summed E-state index contributed by atoms with van der Waals surface area (Å²) in [5, 5.41) is 14.3. The molecule has 2 N–H and O–H groups in total. The zero-order valence-corrected chi connectivity index (χ0v) is 15.6. The number of rotatable bonds is 2. The second-order valence-electron chi connectivity index (χ2n) is 7.81. The van der Waals surface area contributed by atoms with Crippen LogP contribution >= 0.6 is 23.2 Å². The monoisotopic (exact) mass is 387 g/mol. The van der Waals surface area contributed by atoms with Crippen LogP contribution in [0.5, 0.6) is 0 Å². The molecule has 5 atom stereocenters. The van der Waals surface area contributed by atoms with Crippen molar-refractivity contribution in [2.75, 3.05) is 5.32 Å². The molecule has 5 heteroatoms. The SMILES string of the molecule is O=C(O)c1ccc2c(c1)[C@@H]1[C@H]3CC[C@@H](C3)[C@@H]1[C@@H](c1cccc(Cl)c1Cl)N2. The average Bonchev–Trinajstić information content (AvgIpc) is 3.25. The Kier molecular flexibility index (Phi) is 3.74. The number of hydrogen-bond donors (Lipinski definition) is 2. The number of benzene rings is 2. The molecule has 2 bridgehead atoms. The summed E-state index contributed by atoms with van der Waals surface area (Å²) in [5.41, 5.74) is 3.61. The lowest BCUT2D eigenvalue weighted by atomic mass is 9.68. The standard InChI is InChI=1S/C21H19Cl2NO2/c22-15-3-1-2-13(19(15)23)20-18-11-5-4-10(8-11)17(18)14-9-12(21(25)26)6-7-16(14)24-20/h1-3,6-7,9-11,17-18,20,24H,4-5,8H2,(H,25,26)/t10-,11-,17-,18-,20+/m0/s1. The minimum absolute atomic E-state index is 0.115. The molecule has 1 heterocycles. The predicted molar refractivity (Wildman–Crippen MR) is 103 cm³/mol. The lowest BCUT2D eigenvalue weighted by molar-refractivity contribution is 0.0696. The van der Waals surface area contributed by atoms with Gasteiger partial charge in [0.2, 0.25) is 0 Å². The summed E-state index contributed by atoms with van der Waals surface area (Å²) in [7, 11) is 0. The number of nitrogens with one attached hydrogen (secondary N) is 1. The molecule has 5 rings (SSSR count). The highest BCUT2D eigenvalue weighted by Gasteiger charge is 2.54. The van der Waals surface area contributed by atoms with E-state index in [1.54, 1.807) is 6.07 Å². The van der Waals surface area contributed by atoms with Crippen molar-refractivity contribution in [3.05, 3.63) is 63.1 Å². The first-order valence-electron chi connectivity index (χ1n) is 9.12. The number of carboxylic acids is 1. The number of carboxylic acid groups (broad SMARTS) is 1. The fraction of sp³-hybridized carbons (Fsp3) is 0.381. The second kappa shape index (κ2) is 5.90. The van der Waals surface area contributed by atoms with Crippen LogP contribution in [0.2, 0.25) is 10.0 Å². The third-order valence-electron chi connectivity index (χ3n) is 6.65. The van der Waals surface area contributed by atoms with Gasteiger partial charge in [-0.15, -0.1) is 0 Å². The Morgan fingerprint density at radius 2 is 1.88 bits per heavy atom. The molecule has 2 fully saturated rings. The largest absolute Gasteiger partial charge is 0.478 e. The Morgan fingerprint density at radius 1 is 1.08 bits per heavy atom. The summed E-state index contributed by atoms with van der Waals surface area (Å²) in [6.07, 6.45) is 3.71. The second-order valence-corrected chi connectivity index (χ2v) is 8.59. The van der Waals surface area contributed by atoms with E-state index < -0.39 is 5.97 Å². The highest BCUT2D eigenvalue weighted by Crippen LogP contribution is 2.64. The molecule has 0 radical (unpaired) electrons. The zero-order valence-electron chi connectivity index (χ0n) is 14.1. The van der Waals surface area contributed by atoms with Gasteiger partial charge in [0.25, 0.3) is 0 Å².